The van der Waals surface area contributed by atoms with Crippen molar-refractivity contribution in [2.75, 3.05) is 6.54 Å². The second-order valence-corrected chi connectivity index (χ2v) is 7.16. The van der Waals surface area contributed by atoms with E-state index in [9.17, 15) is 18.5 Å². The number of nitrogens with zero attached hydrogens (tertiary/aromatic N) is 1. The van der Waals surface area contributed by atoms with E-state index in [2.05, 4.69) is 20.7 Å². The summed E-state index contributed by atoms with van der Waals surface area (Å²) in [5.41, 5.74) is 5.10. The van der Waals surface area contributed by atoms with Crippen LogP contribution in [-0.2, 0) is 10.0 Å². The average molecular weight is 380 g/mol. The first-order valence-corrected chi connectivity index (χ1v) is 8.75. The van der Waals surface area contributed by atoms with Gasteiger partial charge in [0.25, 0.3) is 5.69 Å². The number of nitro groups is 1. The van der Waals surface area contributed by atoms with Crippen LogP contribution in [0.5, 0.6) is 0 Å². The Morgan fingerprint density at radius 3 is 2.67 bits per heavy atom. The molecule has 0 saturated heterocycles. The minimum Gasteiger partial charge on any atom is -0.329 e. The number of nitrogens with two attached hydrogens (primary N) is 1. The molecule has 1 rings (SSSR count). The predicted octanol–water partition coefficient (Wildman–Crippen LogP) is 2.15. The van der Waals surface area contributed by atoms with Crippen LogP contribution in [0.2, 0.25) is 0 Å². The minimum atomic E-state index is -4.00. The van der Waals surface area contributed by atoms with Crippen LogP contribution in [-0.4, -0.2) is 25.9 Å². The third kappa shape index (κ3) is 5.03. The van der Waals surface area contributed by atoms with Crippen molar-refractivity contribution in [1.82, 2.24) is 4.72 Å². The van der Waals surface area contributed by atoms with E-state index in [0.29, 0.717) is 10.9 Å². The Morgan fingerprint density at radius 2 is 2.14 bits per heavy atom. The van der Waals surface area contributed by atoms with Crippen LogP contribution in [0.15, 0.2) is 27.6 Å². The maximum atomic E-state index is 12.4. The van der Waals surface area contributed by atoms with E-state index in [1.807, 2.05) is 6.92 Å². The van der Waals surface area contributed by atoms with E-state index in [1.165, 1.54) is 12.1 Å². The number of hydrogen-bond acceptors (Lipinski definition) is 5. The molecule has 0 radical (unpaired) electrons. The van der Waals surface area contributed by atoms with Crippen molar-refractivity contribution in [3.05, 3.63) is 32.8 Å². The van der Waals surface area contributed by atoms with E-state index in [1.54, 1.807) is 0 Å². The molecule has 0 aromatic heterocycles. The van der Waals surface area contributed by atoms with Crippen LogP contribution in [0.25, 0.3) is 0 Å². The molecule has 0 fully saturated rings. The zero-order valence-corrected chi connectivity index (χ0v) is 14.0. The molecule has 0 aliphatic heterocycles. The van der Waals surface area contributed by atoms with Crippen molar-refractivity contribution < 1.29 is 13.3 Å². The second kappa shape index (κ2) is 7.83. The Bertz CT molecular complexity index is 607. The molecule has 0 aliphatic carbocycles. The van der Waals surface area contributed by atoms with Gasteiger partial charge in [-0.2, -0.15) is 0 Å². The van der Waals surface area contributed by atoms with Gasteiger partial charge in [0.1, 0.15) is 0 Å². The van der Waals surface area contributed by atoms with Gasteiger partial charge in [-0.15, -0.1) is 0 Å². The number of rotatable bonds is 8. The first kappa shape index (κ1) is 18.0. The average Bonchev–Trinajstić information content (AvgIpc) is 2.42. The molecule has 1 aromatic carbocycles. The molecule has 3 N–H and O–H groups in total. The molecule has 1 unspecified atom stereocenters. The van der Waals surface area contributed by atoms with Crippen molar-refractivity contribution in [3.63, 3.8) is 0 Å². The second-order valence-electron chi connectivity index (χ2n) is 4.57. The molecule has 0 bridgehead atoms. The van der Waals surface area contributed by atoms with E-state index in [4.69, 9.17) is 5.73 Å². The first-order chi connectivity index (χ1) is 9.81. The number of unbranched alkanes of at least 4 members (excludes halogenated alkanes) is 1. The Labute approximate surface area is 132 Å². The molecule has 0 amide bonds. The molecule has 7 nitrogen and oxygen atoms in total. The van der Waals surface area contributed by atoms with Gasteiger partial charge in [0.15, 0.2) is 4.90 Å². The number of halogens is 1. The lowest BCUT2D eigenvalue weighted by atomic mass is 10.1. The third-order valence-electron chi connectivity index (χ3n) is 2.92. The molecular weight excluding hydrogens is 362 g/mol. The summed E-state index contributed by atoms with van der Waals surface area (Å²) < 4.78 is 27.6. The van der Waals surface area contributed by atoms with Crippen LogP contribution in [0.1, 0.15) is 26.2 Å². The summed E-state index contributed by atoms with van der Waals surface area (Å²) in [6, 6.07) is 3.36. The summed E-state index contributed by atoms with van der Waals surface area (Å²) in [5, 5.41) is 11.0. The van der Waals surface area contributed by atoms with E-state index >= 15 is 0 Å². The molecule has 0 aliphatic rings. The normalized spacial score (nSPS) is 13.1. The highest BCUT2D eigenvalue weighted by molar-refractivity contribution is 9.10. The zero-order valence-electron chi connectivity index (χ0n) is 11.6. The lowest BCUT2D eigenvalue weighted by Gasteiger charge is -2.16. The molecule has 0 heterocycles. The van der Waals surface area contributed by atoms with Crippen molar-refractivity contribution in [1.29, 1.82) is 0 Å². The fourth-order valence-electron chi connectivity index (χ4n) is 1.81. The predicted molar refractivity (Wildman–Crippen MR) is 83.5 cm³/mol. The fraction of sp³-hybridized carbons (Fsp3) is 0.500. The van der Waals surface area contributed by atoms with Gasteiger partial charge in [0.05, 0.1) is 4.92 Å². The number of sulfonamides is 1. The molecular formula is C12H18BrN3O4S. The SMILES string of the molecule is CCCCC(CN)NS(=O)(=O)c1cc(Br)ccc1[N+](=O)[O-]. The summed E-state index contributed by atoms with van der Waals surface area (Å²) in [6.07, 6.45) is 2.33. The molecule has 21 heavy (non-hydrogen) atoms. The summed E-state index contributed by atoms with van der Waals surface area (Å²) in [7, 11) is -4.00. The maximum Gasteiger partial charge on any atom is 0.289 e. The quantitative estimate of drug-likeness (QED) is 0.530. The lowest BCUT2D eigenvalue weighted by Crippen LogP contribution is -2.40. The first-order valence-electron chi connectivity index (χ1n) is 6.48. The minimum absolute atomic E-state index is 0.140. The van der Waals surface area contributed by atoms with E-state index < -0.39 is 26.7 Å². The fourth-order valence-corrected chi connectivity index (χ4v) is 3.80. The standard InChI is InChI=1S/C12H18BrN3O4S/c1-2-3-4-10(8-14)15-21(19,20)12-7-9(13)5-6-11(12)16(17)18/h5-7,10,15H,2-4,8,14H2,1H3. The zero-order chi connectivity index (χ0) is 16.0. The Balaban J connectivity index is 3.12. The van der Waals surface area contributed by atoms with Crippen molar-refractivity contribution >= 4 is 31.6 Å². The summed E-state index contributed by atoms with van der Waals surface area (Å²) >= 11 is 3.12. The molecule has 1 atom stereocenters. The van der Waals surface area contributed by atoms with Crippen LogP contribution in [0.4, 0.5) is 5.69 Å². The Morgan fingerprint density at radius 1 is 1.48 bits per heavy atom. The highest BCUT2D eigenvalue weighted by Gasteiger charge is 2.27. The smallest absolute Gasteiger partial charge is 0.289 e. The van der Waals surface area contributed by atoms with E-state index in [-0.39, 0.29) is 11.4 Å². The van der Waals surface area contributed by atoms with Crippen LogP contribution >= 0.6 is 15.9 Å². The van der Waals surface area contributed by atoms with Crippen LogP contribution < -0.4 is 10.5 Å². The molecule has 0 saturated carbocycles. The Kier molecular flexibility index (Phi) is 6.72. The van der Waals surface area contributed by atoms with Gasteiger partial charge < -0.3 is 5.73 Å². The third-order valence-corrected chi connectivity index (χ3v) is 4.96. The highest BCUT2D eigenvalue weighted by Crippen LogP contribution is 2.27. The number of benzene rings is 1. The topological polar surface area (TPSA) is 115 Å². The highest BCUT2D eigenvalue weighted by atomic mass is 79.9. The summed E-state index contributed by atoms with van der Waals surface area (Å²) in [5.74, 6) is 0. The maximum absolute atomic E-state index is 12.4. The monoisotopic (exact) mass is 379 g/mol. The van der Waals surface area contributed by atoms with Crippen LogP contribution in [0, 0.1) is 10.1 Å². The van der Waals surface area contributed by atoms with E-state index in [0.717, 1.165) is 18.9 Å². The van der Waals surface area contributed by atoms with Gasteiger partial charge in [0.2, 0.25) is 10.0 Å². The number of nitrogens with one attached hydrogen (secondary N) is 1. The summed E-state index contributed by atoms with van der Waals surface area (Å²) in [6.45, 7) is 2.13. The van der Waals surface area contributed by atoms with Gasteiger partial charge in [-0.3, -0.25) is 10.1 Å². The van der Waals surface area contributed by atoms with Crippen molar-refractivity contribution in [3.8, 4) is 0 Å². The largest absolute Gasteiger partial charge is 0.329 e. The Hall–Kier alpha value is -1.03. The van der Waals surface area contributed by atoms with Gasteiger partial charge in [0, 0.05) is 23.1 Å². The van der Waals surface area contributed by atoms with Crippen LogP contribution in [0.3, 0.4) is 0 Å². The molecule has 0 spiro atoms. The van der Waals surface area contributed by atoms with Crippen molar-refractivity contribution in [2.24, 2.45) is 5.73 Å². The molecule has 9 heteroatoms. The molecule has 1 aromatic rings. The van der Waals surface area contributed by atoms with Gasteiger partial charge in [-0.25, -0.2) is 13.1 Å². The number of nitro benzene ring substituents is 1. The lowest BCUT2D eigenvalue weighted by molar-refractivity contribution is -0.387. The van der Waals surface area contributed by atoms with Gasteiger partial charge >= 0.3 is 0 Å². The summed E-state index contributed by atoms with van der Waals surface area (Å²) in [4.78, 5) is 9.90. The number of hydrogen-bond donors (Lipinski definition) is 2. The van der Waals surface area contributed by atoms with Crippen molar-refractivity contribution in [2.45, 2.75) is 37.1 Å². The van der Waals surface area contributed by atoms with Gasteiger partial charge in [-0.1, -0.05) is 35.7 Å². The van der Waals surface area contributed by atoms with Gasteiger partial charge in [-0.05, 0) is 18.6 Å². The molecule has 118 valence electrons.